The fourth-order valence-electron chi connectivity index (χ4n) is 4.38. The van der Waals surface area contributed by atoms with E-state index in [1.807, 2.05) is 23.0 Å². The Labute approximate surface area is 226 Å². The fourth-order valence-corrected chi connectivity index (χ4v) is 4.38. The number of rotatable bonds is 6. The Morgan fingerprint density at radius 3 is 2.50 bits per heavy atom. The van der Waals surface area contributed by atoms with Crippen molar-refractivity contribution in [1.82, 2.24) is 24.5 Å². The van der Waals surface area contributed by atoms with Crippen LogP contribution in [-0.2, 0) is 11.3 Å². The lowest BCUT2D eigenvalue weighted by Gasteiger charge is -2.30. The Kier molecular flexibility index (Phi) is 8.57. The summed E-state index contributed by atoms with van der Waals surface area (Å²) in [5.41, 5.74) is 3.54. The number of aryl methyl sites for hydroxylation is 2. The third kappa shape index (κ3) is 6.50. The van der Waals surface area contributed by atoms with Crippen LogP contribution in [0.15, 0.2) is 36.8 Å². The van der Waals surface area contributed by atoms with Gasteiger partial charge in [0, 0.05) is 68.5 Å². The number of hydrogen-bond acceptors (Lipinski definition) is 6. The zero-order valence-corrected chi connectivity index (χ0v) is 21.9. The highest BCUT2D eigenvalue weighted by Gasteiger charge is 2.38. The molecule has 40 heavy (non-hydrogen) atoms. The Hall–Kier alpha value is -4.20. The second-order valence-corrected chi connectivity index (χ2v) is 9.32. The van der Waals surface area contributed by atoms with Crippen molar-refractivity contribution in [2.24, 2.45) is 0 Å². The molecule has 0 bridgehead atoms. The molecule has 0 saturated carbocycles. The summed E-state index contributed by atoms with van der Waals surface area (Å²) in [6.07, 6.45) is 2.43. The van der Waals surface area contributed by atoms with Gasteiger partial charge in [-0.1, -0.05) is 13.3 Å². The smallest absolute Gasteiger partial charge is 0.475 e. The first-order chi connectivity index (χ1) is 19.0. The van der Waals surface area contributed by atoms with Crippen LogP contribution in [0.5, 0.6) is 0 Å². The van der Waals surface area contributed by atoms with Crippen molar-refractivity contribution < 1.29 is 32.3 Å². The lowest BCUT2D eigenvalue weighted by Crippen LogP contribution is -2.43. The van der Waals surface area contributed by atoms with Gasteiger partial charge in [0.2, 0.25) is 0 Å². The summed E-state index contributed by atoms with van der Waals surface area (Å²) < 4.78 is 49.7. The molecule has 0 unspecified atom stereocenters. The van der Waals surface area contributed by atoms with Gasteiger partial charge in [0.1, 0.15) is 5.52 Å². The monoisotopic (exact) mass is 563 g/mol. The summed E-state index contributed by atoms with van der Waals surface area (Å²) in [6, 6.07) is 5.12. The number of carboxylic acid groups (broad SMARTS) is 1. The van der Waals surface area contributed by atoms with Gasteiger partial charge in [0.15, 0.2) is 11.5 Å². The van der Waals surface area contributed by atoms with Crippen molar-refractivity contribution in [3.05, 3.63) is 53.9 Å². The first-order valence-corrected chi connectivity index (χ1v) is 12.7. The van der Waals surface area contributed by atoms with Crippen LogP contribution in [0.25, 0.3) is 16.6 Å². The third-order valence-electron chi connectivity index (χ3n) is 6.27. The number of alkyl halides is 3. The molecule has 1 fully saturated rings. The van der Waals surface area contributed by atoms with E-state index in [1.54, 1.807) is 23.7 Å². The molecule has 4 aromatic rings. The average Bonchev–Trinajstić information content (AvgIpc) is 3.50. The second-order valence-electron chi connectivity index (χ2n) is 9.32. The van der Waals surface area contributed by atoms with Crippen LogP contribution in [0.1, 0.15) is 35.8 Å². The van der Waals surface area contributed by atoms with Gasteiger partial charge in [0.05, 0.1) is 16.9 Å². The number of piperazine rings is 1. The number of carbonyl (C=O) groups excluding carboxylic acids is 1. The molecule has 1 aliphatic heterocycles. The van der Waals surface area contributed by atoms with Crippen molar-refractivity contribution in [2.45, 2.75) is 39.4 Å². The largest absolute Gasteiger partial charge is 0.490 e. The van der Waals surface area contributed by atoms with Crippen LogP contribution in [0.4, 0.5) is 28.9 Å². The van der Waals surface area contributed by atoms with E-state index >= 15 is 0 Å². The third-order valence-corrected chi connectivity index (χ3v) is 6.27. The highest BCUT2D eigenvalue weighted by Crippen LogP contribution is 2.30. The minimum absolute atomic E-state index is 0.239. The summed E-state index contributed by atoms with van der Waals surface area (Å²) in [7, 11) is 0. The minimum atomic E-state index is -5.08. The van der Waals surface area contributed by atoms with E-state index in [-0.39, 0.29) is 11.6 Å². The van der Waals surface area contributed by atoms with Crippen molar-refractivity contribution >= 4 is 39.8 Å². The molecule has 1 aliphatic rings. The number of carbonyl (C=O) groups is 2. The van der Waals surface area contributed by atoms with Crippen molar-refractivity contribution in [3.63, 3.8) is 0 Å². The summed E-state index contributed by atoms with van der Waals surface area (Å²) in [4.78, 5) is 28.7. The van der Waals surface area contributed by atoms with Crippen LogP contribution < -0.4 is 15.5 Å². The average molecular weight is 564 g/mol. The van der Waals surface area contributed by atoms with Gasteiger partial charge >= 0.3 is 12.1 Å². The van der Waals surface area contributed by atoms with E-state index in [2.05, 4.69) is 27.4 Å². The second kappa shape index (κ2) is 11.9. The predicted molar refractivity (Wildman–Crippen MR) is 141 cm³/mol. The number of anilines is 2. The number of pyridine rings is 1. The molecule has 1 amide bonds. The van der Waals surface area contributed by atoms with Crippen LogP contribution >= 0.6 is 0 Å². The number of fused-ring (bicyclic) bond motifs is 2. The minimum Gasteiger partial charge on any atom is -0.475 e. The van der Waals surface area contributed by atoms with Crippen LogP contribution in [0.3, 0.4) is 0 Å². The van der Waals surface area contributed by atoms with Crippen molar-refractivity contribution in [3.8, 4) is 0 Å². The first-order valence-electron chi connectivity index (χ1n) is 12.7. The maximum Gasteiger partial charge on any atom is 0.490 e. The Morgan fingerprint density at radius 1 is 1.15 bits per heavy atom. The van der Waals surface area contributed by atoms with E-state index in [0.29, 0.717) is 22.5 Å². The number of aliphatic carboxylic acids is 1. The normalized spacial score (nSPS) is 13.8. The van der Waals surface area contributed by atoms with Crippen LogP contribution in [0.2, 0.25) is 0 Å². The van der Waals surface area contributed by atoms with Gasteiger partial charge < -0.3 is 25.0 Å². The molecule has 3 N–H and O–H groups in total. The maximum absolute atomic E-state index is 14.5. The number of halogens is 4. The molecule has 214 valence electrons. The number of carboxylic acids is 1. The number of amides is 1. The lowest BCUT2D eigenvalue weighted by atomic mass is 10.1. The predicted octanol–water partition coefficient (Wildman–Crippen LogP) is 4.23. The number of unbranched alkanes of at least 4 members (excludes halogenated alkanes) is 1. The van der Waals surface area contributed by atoms with E-state index in [9.17, 15) is 22.4 Å². The zero-order valence-electron chi connectivity index (χ0n) is 21.9. The maximum atomic E-state index is 14.5. The van der Waals surface area contributed by atoms with Gasteiger partial charge in [-0.3, -0.25) is 9.48 Å². The van der Waals surface area contributed by atoms with E-state index in [4.69, 9.17) is 15.0 Å². The standard InChI is InChI=1S/C24H28FN7O.C2HF3O2/c1-3-4-9-32-15-19-21(30-10-7-26-8-11-30)6-5-18(22(19)29-32)24(33)28-17-12-20(25)23-27-16(2)13-31(23)14-17;3-2(4,5)1(6)7/h5-6,12-15,26H,3-4,7-11H2,1-2H3,(H,28,33);(H,6,7). The highest BCUT2D eigenvalue weighted by atomic mass is 19.4. The van der Waals surface area contributed by atoms with E-state index in [1.165, 1.54) is 6.07 Å². The summed E-state index contributed by atoms with van der Waals surface area (Å²) in [5.74, 6) is -3.56. The molecular formula is C26H29F4N7O3. The van der Waals surface area contributed by atoms with Crippen molar-refractivity contribution in [1.29, 1.82) is 0 Å². The number of nitrogens with zero attached hydrogens (tertiary/aromatic N) is 5. The number of aromatic nitrogens is 4. The zero-order chi connectivity index (χ0) is 29.0. The quantitative estimate of drug-likeness (QED) is 0.301. The molecular weight excluding hydrogens is 534 g/mol. The molecule has 0 aliphatic carbocycles. The Balaban J connectivity index is 0.000000470. The molecule has 14 heteroatoms. The van der Waals surface area contributed by atoms with Crippen LogP contribution in [0, 0.1) is 12.7 Å². The topological polar surface area (TPSA) is 117 Å². The van der Waals surface area contributed by atoms with E-state index in [0.717, 1.165) is 56.6 Å². The van der Waals surface area contributed by atoms with Gasteiger partial charge in [-0.2, -0.15) is 18.3 Å². The summed E-state index contributed by atoms with van der Waals surface area (Å²) in [5, 5.41) is 19.1. The summed E-state index contributed by atoms with van der Waals surface area (Å²) in [6.45, 7) is 8.41. The number of hydrogen-bond donors (Lipinski definition) is 3. The molecule has 3 aromatic heterocycles. The summed E-state index contributed by atoms with van der Waals surface area (Å²) >= 11 is 0. The molecule has 0 radical (unpaired) electrons. The lowest BCUT2D eigenvalue weighted by molar-refractivity contribution is -0.192. The fraction of sp³-hybridized carbons (Fsp3) is 0.385. The first kappa shape index (κ1) is 28.8. The van der Waals surface area contributed by atoms with Gasteiger partial charge in [0.25, 0.3) is 5.91 Å². The Morgan fingerprint density at radius 2 is 1.85 bits per heavy atom. The van der Waals surface area contributed by atoms with Crippen LogP contribution in [-0.4, -0.2) is 68.5 Å². The highest BCUT2D eigenvalue weighted by molar-refractivity contribution is 6.13. The molecule has 0 spiro atoms. The molecule has 5 rings (SSSR count). The number of benzene rings is 1. The SMILES string of the molecule is CCCCn1cc2c(N3CCNCC3)ccc(C(=O)Nc3cc(F)c4nc(C)cn4c3)c2n1.O=C(O)C(F)(F)F. The van der Waals surface area contributed by atoms with Gasteiger partial charge in [-0.25, -0.2) is 14.2 Å². The molecule has 0 atom stereocenters. The number of nitrogens with one attached hydrogen (secondary N) is 2. The molecule has 10 nitrogen and oxygen atoms in total. The molecule has 1 saturated heterocycles. The number of imidazole rings is 1. The van der Waals surface area contributed by atoms with Gasteiger partial charge in [-0.15, -0.1) is 0 Å². The van der Waals surface area contributed by atoms with E-state index < -0.39 is 18.0 Å². The Bertz CT molecular complexity index is 1520. The molecule has 4 heterocycles. The van der Waals surface area contributed by atoms with Crippen molar-refractivity contribution in [2.75, 3.05) is 36.4 Å². The molecule has 1 aromatic carbocycles. The van der Waals surface area contributed by atoms with Gasteiger partial charge in [-0.05, 0) is 25.5 Å².